The van der Waals surface area contributed by atoms with E-state index in [4.69, 9.17) is 9.47 Å². The van der Waals surface area contributed by atoms with E-state index in [0.29, 0.717) is 36.2 Å². The molecule has 0 bridgehead atoms. The average molecular weight is 468 g/mol. The summed E-state index contributed by atoms with van der Waals surface area (Å²) in [5.74, 6) is 2.68. The molecule has 4 heterocycles. The summed E-state index contributed by atoms with van der Waals surface area (Å²) in [6.07, 6.45) is 7.23. The number of Topliss-reactive ketones (excluding diaryl/α,β-unsaturated/α-hetero) is 1. The van der Waals surface area contributed by atoms with Crippen LogP contribution in [-0.4, -0.2) is 104 Å². The van der Waals surface area contributed by atoms with Crippen molar-refractivity contribution in [2.75, 3.05) is 52.7 Å². The van der Waals surface area contributed by atoms with Crippen molar-refractivity contribution in [1.29, 1.82) is 0 Å². The third kappa shape index (κ3) is 5.20. The summed E-state index contributed by atoms with van der Waals surface area (Å²) in [6, 6.07) is 0.553. The lowest BCUT2D eigenvalue weighted by Crippen LogP contribution is -2.65. The van der Waals surface area contributed by atoms with Gasteiger partial charge in [0.2, 0.25) is 0 Å². The molecule has 5 rings (SSSR count). The molecule has 0 aromatic rings. The summed E-state index contributed by atoms with van der Waals surface area (Å²) in [6.45, 7) is 4.29. The molecule has 5 aliphatic rings. The Morgan fingerprint density at radius 2 is 1.91 bits per heavy atom. The van der Waals surface area contributed by atoms with E-state index in [1.807, 2.05) is 11.8 Å². The standard InChI is InChI=1S/C23H41N5O3S/c1-27(2)19-7-8-24-23(26-19)25-16-5-3-15(4-6-16)17-14-32-22-18(29)13-20(31-21(17)22)28-9-11-30-12-10-28/h15-17,19-26H,3-14H2,1-2H3. The lowest BCUT2D eigenvalue weighted by Gasteiger charge is -2.43. The zero-order valence-electron chi connectivity index (χ0n) is 19.6. The fourth-order valence-electron chi connectivity index (χ4n) is 6.24. The number of carbonyl (C=O) groups excluding carboxylic acids is 1. The molecule has 4 saturated heterocycles. The van der Waals surface area contributed by atoms with E-state index >= 15 is 0 Å². The van der Waals surface area contributed by atoms with Crippen LogP contribution in [0.1, 0.15) is 38.5 Å². The molecule has 6 unspecified atom stereocenters. The molecule has 3 N–H and O–H groups in total. The van der Waals surface area contributed by atoms with Crippen LogP contribution in [0.15, 0.2) is 0 Å². The lowest BCUT2D eigenvalue weighted by molar-refractivity contribution is -0.170. The summed E-state index contributed by atoms with van der Waals surface area (Å²) in [5, 5.41) is 11.1. The zero-order valence-corrected chi connectivity index (χ0v) is 20.4. The number of nitrogens with zero attached hydrogens (tertiary/aromatic N) is 2. The van der Waals surface area contributed by atoms with E-state index in [1.54, 1.807) is 0 Å². The molecule has 0 aromatic carbocycles. The van der Waals surface area contributed by atoms with Gasteiger partial charge < -0.3 is 9.47 Å². The van der Waals surface area contributed by atoms with Crippen molar-refractivity contribution in [3.63, 3.8) is 0 Å². The predicted octanol–water partition coefficient (Wildman–Crippen LogP) is 0.637. The molecule has 182 valence electrons. The van der Waals surface area contributed by atoms with Crippen LogP contribution in [0.5, 0.6) is 0 Å². The third-order valence-corrected chi connectivity index (χ3v) is 9.64. The van der Waals surface area contributed by atoms with Crippen LogP contribution < -0.4 is 16.0 Å². The Balaban J connectivity index is 1.13. The van der Waals surface area contributed by atoms with Crippen molar-refractivity contribution in [2.24, 2.45) is 11.8 Å². The van der Waals surface area contributed by atoms with Crippen molar-refractivity contribution in [3.05, 3.63) is 0 Å². The summed E-state index contributed by atoms with van der Waals surface area (Å²) >= 11 is 1.86. The molecule has 0 aromatic heterocycles. The van der Waals surface area contributed by atoms with Crippen molar-refractivity contribution < 1.29 is 14.3 Å². The Hall–Kier alpha value is -0.260. The van der Waals surface area contributed by atoms with E-state index in [0.717, 1.165) is 45.0 Å². The van der Waals surface area contributed by atoms with Gasteiger partial charge in [0.05, 0.1) is 30.7 Å². The van der Waals surface area contributed by atoms with Gasteiger partial charge in [-0.1, -0.05) is 0 Å². The molecular weight excluding hydrogens is 426 g/mol. The number of carbonyl (C=O) groups is 1. The largest absolute Gasteiger partial charge is 0.379 e. The monoisotopic (exact) mass is 467 g/mol. The average Bonchev–Trinajstić information content (AvgIpc) is 3.25. The van der Waals surface area contributed by atoms with Gasteiger partial charge in [0.15, 0.2) is 5.78 Å². The maximum atomic E-state index is 12.9. The summed E-state index contributed by atoms with van der Waals surface area (Å²) in [4.78, 5) is 17.5. The molecular formula is C23H41N5O3S. The number of ether oxygens (including phenoxy) is 2. The fraction of sp³-hybridized carbons (Fsp3) is 0.957. The van der Waals surface area contributed by atoms with E-state index < -0.39 is 0 Å². The molecule has 4 aliphatic heterocycles. The maximum absolute atomic E-state index is 12.9. The summed E-state index contributed by atoms with van der Waals surface area (Å²) in [7, 11) is 4.28. The Morgan fingerprint density at radius 3 is 2.66 bits per heavy atom. The van der Waals surface area contributed by atoms with Gasteiger partial charge in [-0.2, -0.15) is 0 Å². The molecule has 0 spiro atoms. The van der Waals surface area contributed by atoms with Crippen LogP contribution >= 0.6 is 11.8 Å². The second kappa shape index (κ2) is 10.6. The number of hydrogen-bond acceptors (Lipinski definition) is 9. The van der Waals surface area contributed by atoms with Gasteiger partial charge in [0.25, 0.3) is 0 Å². The Kier molecular flexibility index (Phi) is 7.75. The maximum Gasteiger partial charge on any atom is 0.152 e. The highest BCUT2D eigenvalue weighted by Gasteiger charge is 2.50. The van der Waals surface area contributed by atoms with Gasteiger partial charge in [-0.3, -0.25) is 30.5 Å². The van der Waals surface area contributed by atoms with Crippen molar-refractivity contribution in [1.82, 2.24) is 25.8 Å². The van der Waals surface area contributed by atoms with Gasteiger partial charge >= 0.3 is 0 Å². The lowest BCUT2D eigenvalue weighted by atomic mass is 9.75. The zero-order chi connectivity index (χ0) is 22.1. The Labute approximate surface area is 196 Å². The van der Waals surface area contributed by atoms with Crippen molar-refractivity contribution in [2.45, 2.75) is 74.6 Å². The van der Waals surface area contributed by atoms with E-state index in [2.05, 4.69) is 39.8 Å². The number of ketones is 1. The molecule has 1 aliphatic carbocycles. The number of thioether (sulfide) groups is 1. The number of hydrogen-bond donors (Lipinski definition) is 3. The van der Waals surface area contributed by atoms with E-state index in [1.165, 1.54) is 25.7 Å². The number of nitrogens with one attached hydrogen (secondary N) is 3. The quantitative estimate of drug-likeness (QED) is 0.540. The second-order valence-corrected chi connectivity index (χ2v) is 11.6. The van der Waals surface area contributed by atoms with Crippen LogP contribution in [0.2, 0.25) is 0 Å². The normalized spacial score (nSPS) is 44.0. The van der Waals surface area contributed by atoms with Gasteiger partial charge in [0.1, 0.15) is 12.5 Å². The van der Waals surface area contributed by atoms with Crippen LogP contribution in [0, 0.1) is 11.8 Å². The number of rotatable bonds is 5. The number of fused-ring (bicyclic) bond motifs is 1. The van der Waals surface area contributed by atoms with Crippen LogP contribution in [-0.2, 0) is 14.3 Å². The predicted molar refractivity (Wildman–Crippen MR) is 126 cm³/mol. The minimum atomic E-state index is -0.0417. The minimum absolute atomic E-state index is 0.0417. The molecule has 8 nitrogen and oxygen atoms in total. The van der Waals surface area contributed by atoms with Gasteiger partial charge in [0, 0.05) is 32.1 Å². The second-order valence-electron chi connectivity index (χ2n) is 10.4. The first-order valence-corrected chi connectivity index (χ1v) is 13.7. The highest BCUT2D eigenvalue weighted by molar-refractivity contribution is 8.01. The fourth-order valence-corrected chi connectivity index (χ4v) is 7.87. The van der Waals surface area contributed by atoms with Gasteiger partial charge in [-0.05, 0) is 63.8 Å². The highest BCUT2D eigenvalue weighted by Crippen LogP contribution is 2.46. The topological polar surface area (TPSA) is 78.1 Å². The van der Waals surface area contributed by atoms with Gasteiger partial charge in [-0.15, -0.1) is 11.8 Å². The molecule has 1 saturated carbocycles. The van der Waals surface area contributed by atoms with Crippen LogP contribution in [0.4, 0.5) is 0 Å². The molecule has 0 radical (unpaired) electrons. The smallest absolute Gasteiger partial charge is 0.152 e. The van der Waals surface area contributed by atoms with Crippen molar-refractivity contribution >= 4 is 17.5 Å². The highest BCUT2D eigenvalue weighted by atomic mass is 32.2. The molecule has 0 amide bonds. The van der Waals surface area contributed by atoms with Crippen molar-refractivity contribution in [3.8, 4) is 0 Å². The molecule has 9 heteroatoms. The first-order valence-electron chi connectivity index (χ1n) is 12.6. The van der Waals surface area contributed by atoms with Gasteiger partial charge in [-0.25, -0.2) is 0 Å². The molecule has 32 heavy (non-hydrogen) atoms. The van der Waals surface area contributed by atoms with Crippen LogP contribution in [0.3, 0.4) is 0 Å². The first kappa shape index (κ1) is 23.5. The molecule has 5 fully saturated rings. The Bertz CT molecular complexity index is 641. The molecule has 6 atom stereocenters. The first-order chi connectivity index (χ1) is 15.6. The minimum Gasteiger partial charge on any atom is -0.379 e. The van der Waals surface area contributed by atoms with Crippen LogP contribution in [0.25, 0.3) is 0 Å². The van der Waals surface area contributed by atoms with E-state index in [-0.39, 0.29) is 23.9 Å². The third-order valence-electron chi connectivity index (χ3n) is 8.18. The number of morpholine rings is 1. The summed E-state index contributed by atoms with van der Waals surface area (Å²) in [5.41, 5.74) is 0. The van der Waals surface area contributed by atoms with E-state index in [9.17, 15) is 4.79 Å². The SMILES string of the molecule is CN(C)C1CCNC(NC2CCC(C3CSC4C(=O)CC(N5CCOCC5)OC43)CC2)N1. The summed E-state index contributed by atoms with van der Waals surface area (Å²) < 4.78 is 12.2. The Morgan fingerprint density at radius 1 is 1.12 bits per heavy atom.